The number of fused-ring (bicyclic) bond motifs is 1. The molecule has 0 bridgehead atoms. The second-order valence-corrected chi connectivity index (χ2v) is 7.90. The summed E-state index contributed by atoms with van der Waals surface area (Å²) in [6.07, 6.45) is 0. The average Bonchev–Trinajstić information content (AvgIpc) is 2.89. The van der Waals surface area contributed by atoms with E-state index in [0.29, 0.717) is 35.3 Å². The number of benzene rings is 3. The zero-order valence-corrected chi connectivity index (χ0v) is 18.3. The molecule has 5 rings (SSSR count). The topological polar surface area (TPSA) is 67.7 Å². The van der Waals surface area contributed by atoms with Gasteiger partial charge in [0.1, 0.15) is 11.4 Å². The van der Waals surface area contributed by atoms with Gasteiger partial charge in [-0.15, -0.1) is 0 Å². The van der Waals surface area contributed by atoms with Crippen molar-refractivity contribution in [3.63, 3.8) is 0 Å². The van der Waals surface area contributed by atoms with Gasteiger partial charge in [0.15, 0.2) is 5.69 Å². The Morgan fingerprint density at radius 3 is 2.18 bits per heavy atom. The molecule has 1 saturated heterocycles. The van der Waals surface area contributed by atoms with Crippen LogP contribution in [0.4, 0.5) is 5.69 Å². The number of amides is 1. The Bertz CT molecular complexity index is 1360. The third-order valence-electron chi connectivity index (χ3n) is 6.01. The molecule has 2 heterocycles. The summed E-state index contributed by atoms with van der Waals surface area (Å²) < 4.78 is 6.71. The van der Waals surface area contributed by atoms with E-state index >= 15 is 0 Å². The van der Waals surface area contributed by atoms with Gasteiger partial charge < -0.3 is 14.5 Å². The van der Waals surface area contributed by atoms with Crippen molar-refractivity contribution in [2.24, 2.45) is 0 Å². The van der Waals surface area contributed by atoms with E-state index in [-0.39, 0.29) is 17.2 Å². The zero-order chi connectivity index (χ0) is 22.8. The monoisotopic (exact) mass is 440 g/mol. The third-order valence-corrected chi connectivity index (χ3v) is 6.01. The summed E-state index contributed by atoms with van der Waals surface area (Å²) in [6.45, 7) is 2.63. The zero-order valence-electron chi connectivity index (χ0n) is 18.3. The maximum atomic E-state index is 13.6. The van der Waals surface area contributed by atoms with Crippen LogP contribution in [0.3, 0.4) is 0 Å². The van der Waals surface area contributed by atoms with Gasteiger partial charge in [-0.2, -0.15) is 9.78 Å². The quantitative estimate of drug-likeness (QED) is 0.487. The molecular weight excluding hydrogens is 416 g/mol. The van der Waals surface area contributed by atoms with Crippen LogP contribution in [0.5, 0.6) is 5.75 Å². The standard InChI is InChI=1S/C26H24N4O3/c1-33-23-14-8-7-13-22(23)30-25(31)21-12-6-5-11-20(21)24(27-30)26(32)29-17-15-28(16-18-29)19-9-3-2-4-10-19/h2-14H,15-18H2,1H3. The maximum absolute atomic E-state index is 13.6. The SMILES string of the molecule is COc1ccccc1-n1nc(C(=O)N2CCN(c3ccccc3)CC2)c2ccccc2c1=O. The molecule has 0 spiro atoms. The molecular formula is C26H24N4O3. The van der Waals surface area contributed by atoms with Crippen molar-refractivity contribution in [2.45, 2.75) is 0 Å². The molecule has 7 heteroatoms. The summed E-state index contributed by atoms with van der Waals surface area (Å²) in [4.78, 5) is 30.9. The largest absolute Gasteiger partial charge is 0.494 e. The Morgan fingerprint density at radius 1 is 0.818 bits per heavy atom. The van der Waals surface area contributed by atoms with Crippen molar-refractivity contribution in [2.75, 3.05) is 38.2 Å². The van der Waals surface area contributed by atoms with Crippen molar-refractivity contribution in [1.82, 2.24) is 14.7 Å². The lowest BCUT2D eigenvalue weighted by Crippen LogP contribution is -2.49. The first-order valence-electron chi connectivity index (χ1n) is 10.9. The second kappa shape index (κ2) is 8.78. The first-order chi connectivity index (χ1) is 16.2. The molecule has 33 heavy (non-hydrogen) atoms. The highest BCUT2D eigenvalue weighted by Crippen LogP contribution is 2.23. The van der Waals surface area contributed by atoms with Gasteiger partial charge in [0, 0.05) is 37.3 Å². The van der Waals surface area contributed by atoms with E-state index < -0.39 is 0 Å². The predicted octanol–water partition coefficient (Wildman–Crippen LogP) is 3.36. The van der Waals surface area contributed by atoms with Crippen molar-refractivity contribution in [3.05, 3.63) is 94.9 Å². The van der Waals surface area contributed by atoms with Crippen LogP contribution in [0.1, 0.15) is 10.5 Å². The molecule has 3 aromatic carbocycles. The van der Waals surface area contributed by atoms with Crippen LogP contribution in [0, 0.1) is 0 Å². The Labute approximate surface area is 191 Å². The minimum absolute atomic E-state index is 0.178. The number of anilines is 1. The van der Waals surface area contributed by atoms with Crippen molar-refractivity contribution in [3.8, 4) is 11.4 Å². The fourth-order valence-electron chi connectivity index (χ4n) is 4.27. The summed E-state index contributed by atoms with van der Waals surface area (Å²) in [5.74, 6) is 0.333. The third kappa shape index (κ3) is 3.82. The molecule has 4 aromatic rings. The number of methoxy groups -OCH3 is 1. The summed E-state index contributed by atoms with van der Waals surface area (Å²) in [7, 11) is 1.54. The number of hydrogen-bond acceptors (Lipinski definition) is 5. The molecule has 0 aliphatic carbocycles. The molecule has 0 radical (unpaired) electrons. The van der Waals surface area contributed by atoms with Crippen LogP contribution in [0.15, 0.2) is 83.7 Å². The number of carbonyl (C=O) groups excluding carboxylic acids is 1. The van der Waals surface area contributed by atoms with Crippen molar-refractivity contribution < 1.29 is 9.53 Å². The Kier molecular flexibility index (Phi) is 5.52. The van der Waals surface area contributed by atoms with Gasteiger partial charge in [0.25, 0.3) is 11.5 Å². The highest BCUT2D eigenvalue weighted by molar-refractivity contribution is 6.05. The smallest absolute Gasteiger partial charge is 0.279 e. The van der Waals surface area contributed by atoms with Crippen molar-refractivity contribution in [1.29, 1.82) is 0 Å². The van der Waals surface area contributed by atoms with Gasteiger partial charge in [-0.25, -0.2) is 0 Å². The number of aromatic nitrogens is 2. The van der Waals surface area contributed by atoms with Crippen LogP contribution >= 0.6 is 0 Å². The second-order valence-electron chi connectivity index (χ2n) is 7.90. The molecule has 7 nitrogen and oxygen atoms in total. The molecule has 1 fully saturated rings. The minimum Gasteiger partial charge on any atom is -0.494 e. The van der Waals surface area contributed by atoms with Gasteiger partial charge in [0.2, 0.25) is 0 Å². The van der Waals surface area contributed by atoms with Gasteiger partial charge in [-0.1, -0.05) is 48.5 Å². The summed E-state index contributed by atoms with van der Waals surface area (Å²) in [6, 6.07) is 24.5. The van der Waals surface area contributed by atoms with Crippen LogP contribution in [0.2, 0.25) is 0 Å². The fourth-order valence-corrected chi connectivity index (χ4v) is 4.27. The first-order valence-corrected chi connectivity index (χ1v) is 10.9. The molecule has 0 unspecified atom stereocenters. The number of hydrogen-bond donors (Lipinski definition) is 0. The highest BCUT2D eigenvalue weighted by atomic mass is 16.5. The number of piperazine rings is 1. The molecule has 0 atom stereocenters. The molecule has 1 aromatic heterocycles. The molecule has 1 aliphatic rings. The molecule has 0 N–H and O–H groups in total. The van der Waals surface area contributed by atoms with Crippen LogP contribution in [0.25, 0.3) is 16.5 Å². The average molecular weight is 441 g/mol. The number of para-hydroxylation sites is 3. The van der Waals surface area contributed by atoms with E-state index in [2.05, 4.69) is 22.1 Å². The molecule has 166 valence electrons. The Hall–Kier alpha value is -4.13. The minimum atomic E-state index is -0.291. The molecule has 0 saturated carbocycles. The van der Waals surface area contributed by atoms with E-state index in [1.165, 1.54) is 4.68 Å². The van der Waals surface area contributed by atoms with Crippen molar-refractivity contribution >= 4 is 22.4 Å². The lowest BCUT2D eigenvalue weighted by molar-refractivity contribution is 0.0741. The van der Waals surface area contributed by atoms with E-state index in [1.54, 1.807) is 37.4 Å². The van der Waals surface area contributed by atoms with Gasteiger partial charge >= 0.3 is 0 Å². The number of ether oxygens (including phenoxy) is 1. The van der Waals surface area contributed by atoms with Crippen LogP contribution in [-0.2, 0) is 0 Å². The normalized spacial score (nSPS) is 13.8. The lowest BCUT2D eigenvalue weighted by Gasteiger charge is -2.36. The maximum Gasteiger partial charge on any atom is 0.279 e. The van der Waals surface area contributed by atoms with Crippen LogP contribution < -0.4 is 15.2 Å². The Morgan fingerprint density at radius 2 is 1.45 bits per heavy atom. The number of carbonyl (C=O) groups is 1. The summed E-state index contributed by atoms with van der Waals surface area (Å²) in [5, 5.41) is 5.56. The van der Waals surface area contributed by atoms with Gasteiger partial charge in [-0.05, 0) is 30.3 Å². The number of rotatable bonds is 4. The fraction of sp³-hybridized carbons (Fsp3) is 0.192. The van der Waals surface area contributed by atoms with Gasteiger partial charge in [0.05, 0.1) is 12.5 Å². The first kappa shape index (κ1) is 20.8. The Balaban J connectivity index is 1.52. The molecule has 1 aliphatic heterocycles. The van der Waals surface area contributed by atoms with E-state index in [1.807, 2.05) is 41.3 Å². The lowest BCUT2D eigenvalue weighted by atomic mass is 10.1. The van der Waals surface area contributed by atoms with E-state index in [0.717, 1.165) is 18.8 Å². The van der Waals surface area contributed by atoms with Gasteiger partial charge in [-0.3, -0.25) is 9.59 Å². The van der Waals surface area contributed by atoms with E-state index in [9.17, 15) is 9.59 Å². The van der Waals surface area contributed by atoms with Crippen LogP contribution in [-0.4, -0.2) is 53.9 Å². The molecule has 1 amide bonds. The number of nitrogens with zero attached hydrogens (tertiary/aromatic N) is 4. The highest BCUT2D eigenvalue weighted by Gasteiger charge is 2.26. The van der Waals surface area contributed by atoms with E-state index in [4.69, 9.17) is 4.74 Å². The summed E-state index contributed by atoms with van der Waals surface area (Å²) >= 11 is 0. The summed E-state index contributed by atoms with van der Waals surface area (Å²) in [5.41, 5.74) is 1.63. The predicted molar refractivity (Wildman–Crippen MR) is 128 cm³/mol.